The third-order valence-corrected chi connectivity index (χ3v) is 4.35. The van der Waals surface area contributed by atoms with Crippen LogP contribution in [0.15, 0.2) is 36.4 Å². The molecule has 0 amide bonds. The number of benzene rings is 2. The summed E-state index contributed by atoms with van der Waals surface area (Å²) in [5, 5.41) is 10.8. The Morgan fingerprint density at radius 3 is 2.90 bits per heavy atom. The van der Waals surface area contributed by atoms with Gasteiger partial charge in [-0.25, -0.2) is 0 Å². The predicted molar refractivity (Wildman–Crippen MR) is 84.9 cm³/mol. The topological polar surface area (TPSA) is 29.5 Å². The number of hydrogen-bond acceptors (Lipinski definition) is 2. The van der Waals surface area contributed by atoms with Crippen molar-refractivity contribution in [2.75, 3.05) is 0 Å². The van der Waals surface area contributed by atoms with Crippen LogP contribution in [0.25, 0.3) is 0 Å². The first-order valence-electron chi connectivity index (χ1n) is 7.32. The highest BCUT2D eigenvalue weighted by Crippen LogP contribution is 2.32. The van der Waals surface area contributed by atoms with Crippen molar-refractivity contribution in [3.05, 3.63) is 63.7 Å². The zero-order valence-electron chi connectivity index (χ0n) is 12.1. The van der Waals surface area contributed by atoms with Crippen molar-refractivity contribution in [3.8, 4) is 5.75 Å². The summed E-state index contributed by atoms with van der Waals surface area (Å²) < 4.78 is 5.83. The summed E-state index contributed by atoms with van der Waals surface area (Å²) >= 11 is 6.21. The number of hydrogen-bond donors (Lipinski definition) is 1. The minimum Gasteiger partial charge on any atom is -0.489 e. The molecule has 0 heterocycles. The molecule has 3 rings (SSSR count). The van der Waals surface area contributed by atoms with E-state index in [2.05, 4.69) is 6.07 Å². The van der Waals surface area contributed by atoms with Crippen LogP contribution in [0.5, 0.6) is 5.75 Å². The van der Waals surface area contributed by atoms with Crippen LogP contribution >= 0.6 is 11.6 Å². The van der Waals surface area contributed by atoms with E-state index in [1.54, 1.807) is 0 Å². The number of aryl methyl sites for hydroxylation is 2. The molecule has 2 aromatic carbocycles. The third-order valence-electron chi connectivity index (χ3n) is 4.00. The molecule has 3 heteroatoms. The summed E-state index contributed by atoms with van der Waals surface area (Å²) in [7, 11) is 0. The van der Waals surface area contributed by atoms with Crippen LogP contribution in [0.1, 0.15) is 41.2 Å². The normalized spacial score (nSPS) is 17.4. The summed E-state index contributed by atoms with van der Waals surface area (Å²) in [5.74, 6) is 0.784. The van der Waals surface area contributed by atoms with Gasteiger partial charge in [0, 0.05) is 10.6 Å². The molecule has 0 bridgehead atoms. The first kappa shape index (κ1) is 14.4. The Bertz CT molecular complexity index is 652. The monoisotopic (exact) mass is 302 g/mol. The molecule has 1 aliphatic carbocycles. The van der Waals surface area contributed by atoms with Crippen LogP contribution in [-0.2, 0) is 13.0 Å². The number of aliphatic hydroxyl groups excluding tert-OH is 1. The van der Waals surface area contributed by atoms with E-state index in [-0.39, 0.29) is 6.10 Å². The zero-order chi connectivity index (χ0) is 14.8. The molecule has 110 valence electrons. The Morgan fingerprint density at radius 1 is 1.24 bits per heavy atom. The van der Waals surface area contributed by atoms with Crippen molar-refractivity contribution in [1.82, 2.24) is 0 Å². The highest BCUT2D eigenvalue weighted by atomic mass is 35.5. The van der Waals surface area contributed by atoms with E-state index >= 15 is 0 Å². The number of fused-ring (bicyclic) bond motifs is 1. The van der Waals surface area contributed by atoms with E-state index in [0.717, 1.165) is 46.7 Å². The maximum absolute atomic E-state index is 10.1. The van der Waals surface area contributed by atoms with Gasteiger partial charge in [-0.3, -0.25) is 0 Å². The summed E-state index contributed by atoms with van der Waals surface area (Å²) in [5.41, 5.74) is 4.35. The Balaban J connectivity index is 1.75. The van der Waals surface area contributed by atoms with E-state index in [9.17, 15) is 5.11 Å². The van der Waals surface area contributed by atoms with Gasteiger partial charge in [0.05, 0.1) is 6.10 Å². The molecular weight excluding hydrogens is 284 g/mol. The van der Waals surface area contributed by atoms with Gasteiger partial charge in [0.2, 0.25) is 0 Å². The summed E-state index contributed by atoms with van der Waals surface area (Å²) in [4.78, 5) is 0. The van der Waals surface area contributed by atoms with Gasteiger partial charge in [-0.05, 0) is 61.1 Å². The summed E-state index contributed by atoms with van der Waals surface area (Å²) in [6.07, 6.45) is 2.56. The molecule has 0 aliphatic heterocycles. The fraction of sp³-hybridized carbons (Fsp3) is 0.333. The van der Waals surface area contributed by atoms with Crippen LogP contribution in [0.3, 0.4) is 0 Å². The average molecular weight is 303 g/mol. The first-order chi connectivity index (χ1) is 10.1. The standard InChI is InChI=1S/C18H19ClO2/c1-12-5-6-14(17(19)9-12)11-21-15-8-7-13-3-2-4-18(20)16(13)10-15/h5-10,18,20H,2-4,11H2,1H3. The van der Waals surface area contributed by atoms with Gasteiger partial charge in [-0.1, -0.05) is 29.8 Å². The lowest BCUT2D eigenvalue weighted by Gasteiger charge is -2.22. The molecule has 0 spiro atoms. The van der Waals surface area contributed by atoms with Gasteiger partial charge >= 0.3 is 0 Å². The molecule has 2 nitrogen and oxygen atoms in total. The molecule has 2 aromatic rings. The second kappa shape index (κ2) is 6.08. The fourth-order valence-electron chi connectivity index (χ4n) is 2.77. The lowest BCUT2D eigenvalue weighted by molar-refractivity contribution is 0.156. The molecule has 1 N–H and O–H groups in total. The molecular formula is C18H19ClO2. The van der Waals surface area contributed by atoms with Crippen LogP contribution < -0.4 is 4.74 Å². The smallest absolute Gasteiger partial charge is 0.120 e. The first-order valence-corrected chi connectivity index (χ1v) is 7.70. The highest BCUT2D eigenvalue weighted by Gasteiger charge is 2.18. The van der Waals surface area contributed by atoms with E-state index < -0.39 is 0 Å². The Morgan fingerprint density at radius 2 is 2.10 bits per heavy atom. The quantitative estimate of drug-likeness (QED) is 0.898. The number of aliphatic hydroxyl groups is 1. The third kappa shape index (κ3) is 3.22. The second-order valence-corrected chi connectivity index (χ2v) is 6.06. The summed E-state index contributed by atoms with van der Waals surface area (Å²) in [6, 6.07) is 12.0. The Labute approximate surface area is 130 Å². The lowest BCUT2D eigenvalue weighted by Crippen LogP contribution is -2.09. The fourth-order valence-corrected chi connectivity index (χ4v) is 3.06. The number of halogens is 1. The van der Waals surface area contributed by atoms with E-state index in [1.807, 2.05) is 37.3 Å². The molecule has 0 saturated carbocycles. The number of rotatable bonds is 3. The van der Waals surface area contributed by atoms with Gasteiger partial charge in [0.1, 0.15) is 12.4 Å². The molecule has 0 radical (unpaired) electrons. The Kier molecular flexibility index (Phi) is 4.18. The molecule has 0 fully saturated rings. The van der Waals surface area contributed by atoms with Gasteiger partial charge in [0.15, 0.2) is 0 Å². The highest BCUT2D eigenvalue weighted by molar-refractivity contribution is 6.31. The van der Waals surface area contributed by atoms with Crippen LogP contribution in [-0.4, -0.2) is 5.11 Å². The second-order valence-electron chi connectivity index (χ2n) is 5.65. The summed E-state index contributed by atoms with van der Waals surface area (Å²) in [6.45, 7) is 2.45. The largest absolute Gasteiger partial charge is 0.489 e. The van der Waals surface area contributed by atoms with Gasteiger partial charge in [0.25, 0.3) is 0 Å². The molecule has 21 heavy (non-hydrogen) atoms. The molecule has 0 saturated heterocycles. The van der Waals surface area contributed by atoms with Crippen molar-refractivity contribution >= 4 is 11.6 Å². The minimum absolute atomic E-state index is 0.361. The van der Waals surface area contributed by atoms with Gasteiger partial charge < -0.3 is 9.84 Å². The average Bonchev–Trinajstić information content (AvgIpc) is 2.47. The molecule has 0 aromatic heterocycles. The minimum atomic E-state index is -0.361. The number of ether oxygens (including phenoxy) is 1. The predicted octanol–water partition coefficient (Wildman–Crippen LogP) is 4.60. The van der Waals surface area contributed by atoms with Crippen molar-refractivity contribution in [3.63, 3.8) is 0 Å². The maximum atomic E-state index is 10.1. The Hall–Kier alpha value is -1.51. The zero-order valence-corrected chi connectivity index (χ0v) is 12.9. The van der Waals surface area contributed by atoms with Crippen molar-refractivity contribution in [2.45, 2.75) is 38.9 Å². The van der Waals surface area contributed by atoms with Gasteiger partial charge in [-0.15, -0.1) is 0 Å². The SMILES string of the molecule is Cc1ccc(COc2ccc3c(c2)C(O)CCC3)c(Cl)c1. The van der Waals surface area contributed by atoms with E-state index in [1.165, 1.54) is 5.56 Å². The van der Waals surface area contributed by atoms with Gasteiger partial charge in [-0.2, -0.15) is 0 Å². The van der Waals surface area contributed by atoms with Crippen LogP contribution in [0.4, 0.5) is 0 Å². The van der Waals surface area contributed by atoms with Crippen molar-refractivity contribution in [2.24, 2.45) is 0 Å². The van der Waals surface area contributed by atoms with E-state index in [4.69, 9.17) is 16.3 Å². The lowest BCUT2D eigenvalue weighted by atomic mass is 9.89. The van der Waals surface area contributed by atoms with E-state index in [0.29, 0.717) is 6.61 Å². The van der Waals surface area contributed by atoms with Crippen LogP contribution in [0.2, 0.25) is 5.02 Å². The molecule has 1 unspecified atom stereocenters. The molecule has 1 aliphatic rings. The van der Waals surface area contributed by atoms with Crippen molar-refractivity contribution in [1.29, 1.82) is 0 Å². The van der Waals surface area contributed by atoms with Crippen LogP contribution in [0, 0.1) is 6.92 Å². The maximum Gasteiger partial charge on any atom is 0.120 e. The van der Waals surface area contributed by atoms with Crippen molar-refractivity contribution < 1.29 is 9.84 Å². The molecule has 1 atom stereocenters.